The predicted molar refractivity (Wildman–Crippen MR) is 150 cm³/mol. The van der Waals surface area contributed by atoms with E-state index in [9.17, 15) is 19.0 Å². The Labute approximate surface area is 247 Å². The molecule has 44 heavy (non-hydrogen) atoms. The van der Waals surface area contributed by atoms with Crippen molar-refractivity contribution in [2.45, 2.75) is 49.2 Å². The molecule has 20 nitrogen and oxygen atoms in total. The quantitative estimate of drug-likeness (QED) is 0.204. The summed E-state index contributed by atoms with van der Waals surface area (Å²) in [6, 6.07) is -0.627. The smallest absolute Gasteiger partial charge is 0.319 e. The van der Waals surface area contributed by atoms with Gasteiger partial charge in [-0.05, 0) is 6.42 Å². The van der Waals surface area contributed by atoms with Crippen molar-refractivity contribution in [3.05, 3.63) is 29.3 Å². The molecule has 3 aliphatic rings. The summed E-state index contributed by atoms with van der Waals surface area (Å²) in [5, 5.41) is 11.3. The molecule has 0 amide bonds. The number of aromatic amines is 1. The first-order valence-corrected chi connectivity index (χ1v) is 15.9. The summed E-state index contributed by atoms with van der Waals surface area (Å²) in [5.41, 5.74) is 11.9. The number of nitrogens with zero attached hydrogens (tertiary/aromatic N) is 7. The van der Waals surface area contributed by atoms with Crippen LogP contribution in [0.1, 0.15) is 18.7 Å². The van der Waals surface area contributed by atoms with E-state index in [1.165, 1.54) is 30.7 Å². The minimum Gasteiger partial charge on any atom is -0.388 e. The van der Waals surface area contributed by atoms with Crippen molar-refractivity contribution in [2.24, 2.45) is 5.92 Å². The molecule has 22 heteroatoms. The molecular weight excluding hydrogens is 626 g/mol. The highest BCUT2D eigenvalue weighted by Gasteiger charge is 2.50. The van der Waals surface area contributed by atoms with Crippen molar-refractivity contribution in [1.29, 1.82) is 0 Å². The molecule has 6 heterocycles. The Morgan fingerprint density at radius 3 is 2.52 bits per heavy atom. The number of fused-ring (bicyclic) bond motifs is 5. The molecule has 4 aromatic heterocycles. The summed E-state index contributed by atoms with van der Waals surface area (Å²) in [7, 11) is -5.06. The zero-order chi connectivity index (χ0) is 30.7. The van der Waals surface area contributed by atoms with Gasteiger partial charge in [0.1, 0.15) is 36.3 Å². The molecule has 2 aliphatic heterocycles. The Hall–Kier alpha value is -3.32. The average Bonchev–Trinajstić information content (AvgIpc) is 3.75. The Bertz CT molecular complexity index is 1820. The van der Waals surface area contributed by atoms with Gasteiger partial charge in [0.25, 0.3) is 5.56 Å². The lowest BCUT2D eigenvalue weighted by atomic mass is 10.1. The van der Waals surface area contributed by atoms with Crippen molar-refractivity contribution in [3.8, 4) is 0 Å². The molecule has 236 valence electrons. The second kappa shape index (κ2) is 11.6. The third-order valence-electron chi connectivity index (χ3n) is 8.01. The second-order valence-corrected chi connectivity index (χ2v) is 12.5. The summed E-state index contributed by atoms with van der Waals surface area (Å²) < 4.78 is 64.0. The van der Waals surface area contributed by atoms with E-state index in [0.29, 0.717) is 11.2 Å². The van der Waals surface area contributed by atoms with Crippen LogP contribution in [-0.2, 0) is 36.7 Å². The van der Waals surface area contributed by atoms with Crippen LogP contribution in [-0.4, -0.2) is 95.0 Å². The number of aromatic nitrogens is 8. The number of nitrogens with two attached hydrogens (primary N) is 2. The zero-order valence-corrected chi connectivity index (χ0v) is 24.9. The Balaban J connectivity index is 1.17. The first-order chi connectivity index (χ1) is 21.2. The topological polar surface area (TPSA) is 269 Å². The summed E-state index contributed by atoms with van der Waals surface area (Å²) >= 11 is 0. The minimum atomic E-state index is -3.24. The molecule has 3 fully saturated rings. The number of rotatable bonds is 3. The van der Waals surface area contributed by atoms with Crippen molar-refractivity contribution in [2.75, 3.05) is 31.8 Å². The number of aliphatic hydroxyl groups excluding tert-OH is 1. The Kier molecular flexibility index (Phi) is 7.72. The Morgan fingerprint density at radius 2 is 1.73 bits per heavy atom. The van der Waals surface area contributed by atoms with E-state index in [0.717, 1.165) is 0 Å². The van der Waals surface area contributed by atoms with Gasteiger partial charge in [-0.15, -0.1) is 0 Å². The third-order valence-corrected chi connectivity index (χ3v) is 9.75. The van der Waals surface area contributed by atoms with Crippen LogP contribution in [0.5, 0.6) is 0 Å². The van der Waals surface area contributed by atoms with Crippen LogP contribution >= 0.6 is 16.5 Å². The van der Waals surface area contributed by atoms with Crippen LogP contribution < -0.4 is 17.0 Å². The minimum absolute atomic E-state index is 0.00724. The van der Waals surface area contributed by atoms with Crippen molar-refractivity contribution < 1.29 is 41.8 Å². The summed E-state index contributed by atoms with van der Waals surface area (Å²) in [6.45, 7) is -0.466. The summed E-state index contributed by atoms with van der Waals surface area (Å²) in [4.78, 5) is 35.4. The zero-order valence-electron chi connectivity index (χ0n) is 22.9. The summed E-state index contributed by atoms with van der Waals surface area (Å²) in [6.07, 6.45) is -1.81. The number of nitrogens with one attached hydrogen (secondary N) is 1. The number of nitrogen functional groups attached to an aromatic ring is 2. The highest BCUT2D eigenvalue weighted by Crippen LogP contribution is 2.47. The van der Waals surface area contributed by atoms with E-state index in [1.54, 1.807) is 4.57 Å². The number of aliphatic hydroxyl groups is 1. The number of anilines is 2. The Morgan fingerprint density at radius 1 is 1.00 bits per heavy atom. The lowest BCUT2D eigenvalue weighted by molar-refractivity contribution is -0.0535. The third kappa shape index (κ3) is 5.01. The molecule has 10 unspecified atom stereocenters. The monoisotopic (exact) mass is 654 g/mol. The SMILES string of the molecule is COC1C2CO[PH](=O)OC3C(CO[PH](=O)OC1C(n1cnc4c(=O)[nH]c(N)nc41)O2)CC(n1cnc2c(N)ncnc21)C3O. The van der Waals surface area contributed by atoms with Gasteiger partial charge in [0.2, 0.25) is 5.95 Å². The van der Waals surface area contributed by atoms with Gasteiger partial charge in [-0.2, -0.15) is 4.98 Å². The molecule has 0 radical (unpaired) electrons. The van der Waals surface area contributed by atoms with Gasteiger partial charge in [-0.25, -0.2) is 19.9 Å². The van der Waals surface area contributed by atoms with Crippen LogP contribution in [0.2, 0.25) is 0 Å². The number of methoxy groups -OCH3 is 1. The van der Waals surface area contributed by atoms with E-state index >= 15 is 0 Å². The molecule has 0 aromatic carbocycles. The fourth-order valence-corrected chi connectivity index (χ4v) is 7.84. The number of hydrogen-bond acceptors (Lipinski definition) is 17. The lowest BCUT2D eigenvalue weighted by Crippen LogP contribution is -2.36. The molecular formula is C22H28N10O10P2. The van der Waals surface area contributed by atoms with Crippen LogP contribution in [0, 0.1) is 5.92 Å². The number of hydrogen-bond donors (Lipinski definition) is 4. The molecule has 4 aromatic rings. The van der Waals surface area contributed by atoms with Crippen molar-refractivity contribution in [1.82, 2.24) is 39.0 Å². The van der Waals surface area contributed by atoms with Gasteiger partial charge in [-0.3, -0.25) is 28.0 Å². The number of ether oxygens (including phenoxy) is 2. The van der Waals surface area contributed by atoms with Crippen molar-refractivity contribution in [3.63, 3.8) is 0 Å². The molecule has 2 bridgehead atoms. The second-order valence-electron chi connectivity index (χ2n) is 10.5. The number of imidazole rings is 2. The van der Waals surface area contributed by atoms with Gasteiger partial charge in [0, 0.05) is 13.0 Å². The maximum absolute atomic E-state index is 13.3. The predicted octanol–water partition coefficient (Wildman–Crippen LogP) is -0.445. The first kappa shape index (κ1) is 29.4. The maximum atomic E-state index is 13.3. The molecule has 7 rings (SSSR count). The van der Waals surface area contributed by atoms with E-state index in [4.69, 9.17) is 39.0 Å². The molecule has 1 aliphatic carbocycles. The highest BCUT2D eigenvalue weighted by molar-refractivity contribution is 7.33. The molecule has 1 saturated carbocycles. The maximum Gasteiger partial charge on any atom is 0.319 e. The molecule has 10 atom stereocenters. The van der Waals surface area contributed by atoms with Crippen LogP contribution in [0.3, 0.4) is 0 Å². The fourth-order valence-electron chi connectivity index (χ4n) is 6.02. The van der Waals surface area contributed by atoms with Crippen LogP contribution in [0.4, 0.5) is 11.8 Å². The van der Waals surface area contributed by atoms with E-state index < -0.39 is 70.8 Å². The van der Waals surface area contributed by atoms with E-state index in [-0.39, 0.29) is 42.6 Å². The van der Waals surface area contributed by atoms with Gasteiger partial charge in [0.15, 0.2) is 28.9 Å². The average molecular weight is 654 g/mol. The van der Waals surface area contributed by atoms with Crippen LogP contribution in [0.25, 0.3) is 22.3 Å². The summed E-state index contributed by atoms with van der Waals surface area (Å²) in [5.74, 6) is -0.554. The van der Waals surface area contributed by atoms with Gasteiger partial charge < -0.3 is 44.2 Å². The lowest BCUT2D eigenvalue weighted by Gasteiger charge is -2.24. The van der Waals surface area contributed by atoms with E-state index in [2.05, 4.69) is 29.9 Å². The number of H-pyrrole nitrogens is 1. The van der Waals surface area contributed by atoms with Crippen LogP contribution in [0.15, 0.2) is 23.8 Å². The standard InChI is InChI=1S/C22H28N10O10P2/c1-37-15-10-4-39-44(36)41-14-8(2-9(13(14)33)31-6-27-11-17(23)25-5-26-18(11)31)3-38-43(35)42-16(15)21(40-10)32-7-28-12-19(32)29-22(24)30-20(12)34/h5-10,13-16,21,33,43-44H,2-4H2,1H3,(H2,23,25,26)(H3,24,29,30,34). The van der Waals surface area contributed by atoms with Gasteiger partial charge >= 0.3 is 16.5 Å². The fraction of sp³-hybridized carbons (Fsp3) is 0.545. The van der Waals surface area contributed by atoms with E-state index in [1.807, 2.05) is 0 Å². The van der Waals surface area contributed by atoms with Crippen molar-refractivity contribution >= 4 is 50.6 Å². The molecule has 0 spiro atoms. The highest BCUT2D eigenvalue weighted by atomic mass is 31.1. The molecule has 6 N–H and O–H groups in total. The normalized spacial score (nSPS) is 34.9. The first-order valence-electron chi connectivity index (χ1n) is 13.4. The van der Waals surface area contributed by atoms with Gasteiger partial charge in [0.05, 0.1) is 38.0 Å². The van der Waals surface area contributed by atoms with Gasteiger partial charge in [-0.1, -0.05) is 0 Å². The largest absolute Gasteiger partial charge is 0.388 e. The molecule has 2 saturated heterocycles.